The Bertz CT molecular complexity index is 1530. The van der Waals surface area contributed by atoms with Crippen LogP contribution in [-0.2, 0) is 17.8 Å². The maximum Gasteiger partial charge on any atom is 0.236 e. The first kappa shape index (κ1) is 26.2. The highest BCUT2D eigenvalue weighted by atomic mass is 35.5. The third-order valence-corrected chi connectivity index (χ3v) is 7.78. The van der Waals surface area contributed by atoms with E-state index in [4.69, 9.17) is 27.9 Å². The average Bonchev–Trinajstić information content (AvgIpc) is 3.55. The number of hydrogen-bond donors (Lipinski definition) is 1. The van der Waals surface area contributed by atoms with Crippen LogP contribution < -0.4 is 10.1 Å². The largest absolute Gasteiger partial charge is 0.486 e. The molecule has 3 aromatic carbocycles. The van der Waals surface area contributed by atoms with Gasteiger partial charge in [0.25, 0.3) is 0 Å². The van der Waals surface area contributed by atoms with Crippen molar-refractivity contribution >= 4 is 57.3 Å². The fourth-order valence-corrected chi connectivity index (χ4v) is 5.59. The normalized spacial score (nSPS) is 10.9. The number of nitrogens with zero attached hydrogens (tertiary/aromatic N) is 4. The number of hydrogen-bond acceptors (Lipinski definition) is 7. The van der Waals surface area contributed by atoms with Crippen molar-refractivity contribution in [3.63, 3.8) is 0 Å². The maximum atomic E-state index is 12.7. The highest BCUT2D eigenvalue weighted by molar-refractivity contribution is 7.99. The summed E-state index contributed by atoms with van der Waals surface area (Å²) in [4.78, 5) is 18.0. The van der Waals surface area contributed by atoms with E-state index in [0.717, 1.165) is 21.9 Å². The first-order chi connectivity index (χ1) is 18.5. The number of anilines is 1. The molecule has 5 aromatic rings. The van der Waals surface area contributed by atoms with Crippen LogP contribution in [0.1, 0.15) is 16.3 Å². The standard InChI is InChI=1S/C27H21Cl2N5O2S2/c28-19-11-12-23(29)18(13-19)14-22-15-30-26(38-22)31-25(35)17-37-27-33-32-24(16-36-21-9-5-2-6-10-21)34(27)20-7-3-1-4-8-20/h1-13,15H,14,16-17H2,(H,30,31,35). The van der Waals surface area contributed by atoms with E-state index in [1.807, 2.05) is 71.3 Å². The van der Waals surface area contributed by atoms with Gasteiger partial charge in [0.2, 0.25) is 5.91 Å². The molecule has 38 heavy (non-hydrogen) atoms. The van der Waals surface area contributed by atoms with Crippen molar-refractivity contribution in [3.05, 3.63) is 111 Å². The molecule has 11 heteroatoms. The van der Waals surface area contributed by atoms with E-state index in [2.05, 4.69) is 20.5 Å². The molecule has 0 fully saturated rings. The molecule has 7 nitrogen and oxygen atoms in total. The predicted octanol–water partition coefficient (Wildman–Crippen LogP) is 6.93. The average molecular weight is 583 g/mol. The predicted molar refractivity (Wildman–Crippen MR) is 153 cm³/mol. The molecule has 0 saturated heterocycles. The summed E-state index contributed by atoms with van der Waals surface area (Å²) in [7, 11) is 0. The Hall–Kier alpha value is -3.37. The molecule has 0 radical (unpaired) electrons. The van der Waals surface area contributed by atoms with E-state index >= 15 is 0 Å². The zero-order chi connectivity index (χ0) is 26.3. The van der Waals surface area contributed by atoms with E-state index in [9.17, 15) is 4.79 Å². The number of para-hydroxylation sites is 2. The quantitative estimate of drug-likeness (QED) is 0.180. The Labute approximate surface area is 237 Å². The Morgan fingerprint density at radius 2 is 1.76 bits per heavy atom. The summed E-state index contributed by atoms with van der Waals surface area (Å²) in [5.41, 5.74) is 1.79. The lowest BCUT2D eigenvalue weighted by atomic mass is 10.1. The monoisotopic (exact) mass is 581 g/mol. The smallest absolute Gasteiger partial charge is 0.236 e. The number of halogens is 2. The van der Waals surface area contributed by atoms with Gasteiger partial charge in [-0.1, -0.05) is 71.4 Å². The van der Waals surface area contributed by atoms with Crippen molar-refractivity contribution < 1.29 is 9.53 Å². The van der Waals surface area contributed by atoms with Gasteiger partial charge in [0.05, 0.1) is 5.75 Å². The van der Waals surface area contributed by atoms with Gasteiger partial charge in [-0.2, -0.15) is 0 Å². The van der Waals surface area contributed by atoms with Gasteiger partial charge in [-0.25, -0.2) is 4.98 Å². The maximum absolute atomic E-state index is 12.7. The topological polar surface area (TPSA) is 81.9 Å². The van der Waals surface area contributed by atoms with Gasteiger partial charge in [0.15, 0.2) is 16.1 Å². The first-order valence-corrected chi connectivity index (χ1v) is 14.1. The van der Waals surface area contributed by atoms with Gasteiger partial charge in [-0.05, 0) is 48.0 Å². The van der Waals surface area contributed by atoms with Crippen LogP contribution in [0.3, 0.4) is 0 Å². The number of aromatic nitrogens is 4. The third kappa shape index (κ3) is 6.73. The summed E-state index contributed by atoms with van der Waals surface area (Å²) >= 11 is 15.1. The highest BCUT2D eigenvalue weighted by Gasteiger charge is 2.17. The van der Waals surface area contributed by atoms with E-state index in [1.54, 1.807) is 18.3 Å². The zero-order valence-corrected chi connectivity index (χ0v) is 23.0. The van der Waals surface area contributed by atoms with E-state index in [1.165, 1.54) is 23.1 Å². The molecule has 0 aliphatic carbocycles. The number of amides is 1. The van der Waals surface area contributed by atoms with Crippen LogP contribution in [0.25, 0.3) is 5.69 Å². The van der Waals surface area contributed by atoms with Crippen LogP contribution in [0.5, 0.6) is 5.75 Å². The minimum Gasteiger partial charge on any atom is -0.486 e. The molecule has 1 amide bonds. The number of carbonyl (C=O) groups is 1. The molecule has 0 atom stereocenters. The Balaban J connectivity index is 1.23. The van der Waals surface area contributed by atoms with Crippen LogP contribution >= 0.6 is 46.3 Å². The summed E-state index contributed by atoms with van der Waals surface area (Å²) in [6.45, 7) is 0.233. The minimum absolute atomic E-state index is 0.138. The Morgan fingerprint density at radius 3 is 2.55 bits per heavy atom. The van der Waals surface area contributed by atoms with Crippen molar-refractivity contribution in [2.45, 2.75) is 18.2 Å². The number of ether oxygens (including phenoxy) is 1. The first-order valence-electron chi connectivity index (χ1n) is 11.5. The highest BCUT2D eigenvalue weighted by Crippen LogP contribution is 2.28. The molecule has 5 rings (SSSR count). The summed E-state index contributed by atoms with van der Waals surface area (Å²) in [6, 6.07) is 24.6. The van der Waals surface area contributed by atoms with Crippen molar-refractivity contribution in [2.75, 3.05) is 11.1 Å². The molecule has 0 unspecified atom stereocenters. The van der Waals surface area contributed by atoms with Crippen LogP contribution in [0.15, 0.2) is 90.2 Å². The molecule has 0 bridgehead atoms. The van der Waals surface area contributed by atoms with E-state index in [0.29, 0.717) is 32.6 Å². The van der Waals surface area contributed by atoms with Gasteiger partial charge in [0, 0.05) is 33.2 Å². The van der Waals surface area contributed by atoms with Crippen LogP contribution in [0.2, 0.25) is 10.0 Å². The van der Waals surface area contributed by atoms with Gasteiger partial charge in [0.1, 0.15) is 12.4 Å². The molecule has 1 N–H and O–H groups in total. The van der Waals surface area contributed by atoms with Gasteiger partial charge in [-0.3, -0.25) is 9.36 Å². The summed E-state index contributed by atoms with van der Waals surface area (Å²) < 4.78 is 7.80. The molecule has 0 aliphatic heterocycles. The number of thioether (sulfide) groups is 1. The summed E-state index contributed by atoms with van der Waals surface area (Å²) in [5, 5.41) is 13.9. The Kier molecular flexibility index (Phi) is 8.60. The molecular formula is C27H21Cl2N5O2S2. The van der Waals surface area contributed by atoms with Gasteiger partial charge >= 0.3 is 0 Å². The van der Waals surface area contributed by atoms with E-state index < -0.39 is 0 Å². The molecule has 0 saturated carbocycles. The van der Waals surface area contributed by atoms with Crippen LogP contribution in [-0.4, -0.2) is 31.4 Å². The number of nitrogens with one attached hydrogen (secondary N) is 1. The molecular weight excluding hydrogens is 561 g/mol. The van der Waals surface area contributed by atoms with Crippen LogP contribution in [0.4, 0.5) is 5.13 Å². The second-order valence-corrected chi connectivity index (χ2v) is 11.0. The number of carbonyl (C=O) groups excluding carboxylic acids is 1. The molecule has 2 heterocycles. The second-order valence-electron chi connectivity index (χ2n) is 8.05. The molecule has 0 aliphatic rings. The molecule has 0 spiro atoms. The second kappa shape index (κ2) is 12.4. The number of benzene rings is 3. The van der Waals surface area contributed by atoms with Crippen molar-refractivity contribution in [1.82, 2.24) is 19.7 Å². The van der Waals surface area contributed by atoms with Crippen molar-refractivity contribution in [1.29, 1.82) is 0 Å². The third-order valence-electron chi connectivity index (χ3n) is 5.33. The lowest BCUT2D eigenvalue weighted by molar-refractivity contribution is -0.113. The SMILES string of the molecule is O=C(CSc1nnc(COc2ccccc2)n1-c1ccccc1)Nc1ncc(Cc2cc(Cl)ccc2Cl)s1. The fraction of sp³-hybridized carbons (Fsp3) is 0.111. The van der Waals surface area contributed by atoms with Gasteiger partial charge < -0.3 is 10.1 Å². The Morgan fingerprint density at radius 1 is 1.00 bits per heavy atom. The van der Waals surface area contributed by atoms with Gasteiger partial charge in [-0.15, -0.1) is 21.5 Å². The molecule has 2 aromatic heterocycles. The lowest BCUT2D eigenvalue weighted by Crippen LogP contribution is -2.14. The number of thiazole rings is 1. The fourth-order valence-electron chi connectivity index (χ4n) is 3.59. The van der Waals surface area contributed by atoms with E-state index in [-0.39, 0.29) is 18.3 Å². The van der Waals surface area contributed by atoms with Crippen molar-refractivity contribution in [2.24, 2.45) is 0 Å². The molecule has 192 valence electrons. The summed E-state index contributed by atoms with van der Waals surface area (Å²) in [6.07, 6.45) is 2.31. The lowest BCUT2D eigenvalue weighted by Gasteiger charge is -2.11. The number of rotatable bonds is 10. The van der Waals surface area contributed by atoms with Crippen molar-refractivity contribution in [3.8, 4) is 11.4 Å². The van der Waals surface area contributed by atoms with Crippen LogP contribution in [0, 0.1) is 0 Å². The summed E-state index contributed by atoms with van der Waals surface area (Å²) in [5.74, 6) is 1.32. The minimum atomic E-state index is -0.193. The zero-order valence-electron chi connectivity index (χ0n) is 19.9.